The molecule has 3 rings (SSSR count). The lowest BCUT2D eigenvalue weighted by Crippen LogP contribution is -2.36. The van der Waals surface area contributed by atoms with Gasteiger partial charge in [-0.1, -0.05) is 131 Å². The summed E-state index contributed by atoms with van der Waals surface area (Å²) in [6.45, 7) is 41.8. The molecule has 0 N–H and O–H groups in total. The minimum atomic E-state index is 0.500. The predicted molar refractivity (Wildman–Crippen MR) is 151 cm³/mol. The Kier molecular flexibility index (Phi) is 16.4. The van der Waals surface area contributed by atoms with Crippen molar-refractivity contribution in [3.8, 4) is 0 Å². The van der Waals surface area contributed by atoms with Gasteiger partial charge in [0.1, 0.15) is 0 Å². The first-order chi connectivity index (χ1) is 13.6. The molecule has 2 aliphatic carbocycles. The standard InChI is InChI=1S/C6H12.C5H10O.C5H10.3C5H12/c1-6(2)4-3-5-6;1-5(2)3-6-4-5;1-5(2)3-4-5;3*1-5(2,3)4/h3-5H2,1-2H3;3-4H2,1-2H3;3-4H2,1-2H3;3*1-4H3. The molecule has 198 valence electrons. The van der Waals surface area contributed by atoms with Crippen molar-refractivity contribution in [3.05, 3.63) is 0 Å². The summed E-state index contributed by atoms with van der Waals surface area (Å²) in [6, 6.07) is 0. The fourth-order valence-corrected chi connectivity index (χ4v) is 1.64. The molecule has 0 amide bonds. The molecule has 0 aromatic carbocycles. The van der Waals surface area contributed by atoms with E-state index in [1.807, 2.05) is 0 Å². The van der Waals surface area contributed by atoms with Gasteiger partial charge in [0.05, 0.1) is 13.2 Å². The highest BCUT2D eigenvalue weighted by Crippen LogP contribution is 2.43. The lowest BCUT2D eigenvalue weighted by Gasteiger charge is -2.33. The Balaban J connectivity index is -0.000000316. The van der Waals surface area contributed by atoms with Crippen molar-refractivity contribution in [2.45, 2.75) is 157 Å². The Morgan fingerprint density at radius 3 is 0.531 bits per heavy atom. The fraction of sp³-hybridized carbons (Fsp3) is 1.00. The van der Waals surface area contributed by atoms with E-state index in [0.29, 0.717) is 21.7 Å². The molecule has 1 heterocycles. The minimum Gasteiger partial charge on any atom is -0.380 e. The molecule has 3 aliphatic rings. The maximum atomic E-state index is 4.94. The Morgan fingerprint density at radius 1 is 0.406 bits per heavy atom. The average molecular weight is 457 g/mol. The molecule has 1 nitrogen and oxygen atoms in total. The summed E-state index contributed by atoms with van der Waals surface area (Å²) in [7, 11) is 0. The molecule has 0 spiro atoms. The van der Waals surface area contributed by atoms with Gasteiger partial charge in [-0.3, -0.25) is 0 Å². The third-order valence-electron chi connectivity index (χ3n) is 3.94. The summed E-state index contributed by atoms with van der Waals surface area (Å²) in [5.74, 6) is 0. The first-order valence-corrected chi connectivity index (χ1v) is 13.2. The molecule has 0 unspecified atom stereocenters. The number of hydrogen-bond acceptors (Lipinski definition) is 1. The van der Waals surface area contributed by atoms with E-state index in [0.717, 1.165) is 24.0 Å². The normalized spacial score (nSPS) is 21.2. The van der Waals surface area contributed by atoms with Crippen molar-refractivity contribution >= 4 is 0 Å². The predicted octanol–water partition coefficient (Wildman–Crippen LogP) is 11.2. The van der Waals surface area contributed by atoms with Crippen LogP contribution in [0.1, 0.15) is 157 Å². The van der Waals surface area contributed by atoms with Gasteiger partial charge in [-0.15, -0.1) is 0 Å². The van der Waals surface area contributed by atoms with Gasteiger partial charge in [0, 0.05) is 5.41 Å². The summed E-state index contributed by atoms with van der Waals surface area (Å²) < 4.78 is 4.94. The highest BCUT2D eigenvalue weighted by molar-refractivity contribution is 4.82. The molecule has 1 aliphatic heterocycles. The zero-order valence-corrected chi connectivity index (χ0v) is 26.4. The van der Waals surface area contributed by atoms with Crippen molar-refractivity contribution in [1.82, 2.24) is 0 Å². The first-order valence-electron chi connectivity index (χ1n) is 13.2. The van der Waals surface area contributed by atoms with Crippen LogP contribution >= 0.6 is 0 Å². The van der Waals surface area contributed by atoms with Crippen molar-refractivity contribution in [3.63, 3.8) is 0 Å². The number of hydrogen-bond donors (Lipinski definition) is 0. The molecule has 1 saturated heterocycles. The van der Waals surface area contributed by atoms with Crippen LogP contribution in [0.5, 0.6) is 0 Å². The maximum Gasteiger partial charge on any atom is 0.0539 e. The molecule has 2 saturated carbocycles. The smallest absolute Gasteiger partial charge is 0.0539 e. The highest BCUT2D eigenvalue weighted by Gasteiger charge is 2.30. The summed E-state index contributed by atoms with van der Waals surface area (Å²) >= 11 is 0. The van der Waals surface area contributed by atoms with E-state index >= 15 is 0 Å². The van der Waals surface area contributed by atoms with E-state index in [-0.39, 0.29) is 0 Å². The first kappa shape index (κ1) is 36.5. The second kappa shape index (κ2) is 14.4. The van der Waals surface area contributed by atoms with Gasteiger partial charge < -0.3 is 4.74 Å². The monoisotopic (exact) mass is 457 g/mol. The topological polar surface area (TPSA) is 9.23 Å². The van der Waals surface area contributed by atoms with Crippen molar-refractivity contribution in [2.75, 3.05) is 13.2 Å². The third kappa shape index (κ3) is 57.2. The summed E-state index contributed by atoms with van der Waals surface area (Å²) in [5, 5.41) is 0. The van der Waals surface area contributed by atoms with Gasteiger partial charge in [0.2, 0.25) is 0 Å². The van der Waals surface area contributed by atoms with E-state index in [4.69, 9.17) is 4.74 Å². The van der Waals surface area contributed by atoms with Gasteiger partial charge in [-0.05, 0) is 52.8 Å². The number of ether oxygens (including phenoxy) is 1. The third-order valence-corrected chi connectivity index (χ3v) is 3.94. The molecule has 32 heavy (non-hydrogen) atoms. The van der Waals surface area contributed by atoms with E-state index in [1.54, 1.807) is 0 Å². The Labute approximate surface area is 207 Å². The van der Waals surface area contributed by atoms with Gasteiger partial charge in [-0.2, -0.15) is 0 Å². The molecular formula is C31H68O. The maximum absolute atomic E-state index is 4.94. The average Bonchev–Trinajstić information content (AvgIpc) is 3.06. The lowest BCUT2D eigenvalue weighted by atomic mass is 9.72. The second-order valence-electron chi connectivity index (χ2n) is 17.3. The van der Waals surface area contributed by atoms with Crippen LogP contribution in [0.3, 0.4) is 0 Å². The molecule has 0 aromatic rings. The van der Waals surface area contributed by atoms with Crippen molar-refractivity contribution in [2.24, 2.45) is 32.5 Å². The van der Waals surface area contributed by atoms with Crippen molar-refractivity contribution < 1.29 is 4.74 Å². The Hall–Kier alpha value is -0.0400. The quantitative estimate of drug-likeness (QED) is 0.352. The SMILES string of the molecule is CC(C)(C)C.CC(C)(C)C.CC(C)(C)C.CC1(C)CC1.CC1(C)CCC1.CC1(C)COC1. The zero-order chi connectivity index (χ0) is 26.7. The molecule has 0 aromatic heterocycles. The van der Waals surface area contributed by atoms with Crippen molar-refractivity contribution in [1.29, 1.82) is 0 Å². The highest BCUT2D eigenvalue weighted by atomic mass is 16.5. The largest absolute Gasteiger partial charge is 0.380 e. The van der Waals surface area contributed by atoms with E-state index in [1.165, 1.54) is 32.1 Å². The van der Waals surface area contributed by atoms with Crippen LogP contribution in [0.15, 0.2) is 0 Å². The molecule has 3 fully saturated rings. The van der Waals surface area contributed by atoms with Gasteiger partial charge in [-0.25, -0.2) is 0 Å². The Bertz CT molecular complexity index is 358. The summed E-state index contributed by atoms with van der Waals surface area (Å²) in [4.78, 5) is 0. The molecule has 0 radical (unpaired) electrons. The minimum absolute atomic E-state index is 0.500. The van der Waals surface area contributed by atoms with Crippen LogP contribution in [0.25, 0.3) is 0 Å². The zero-order valence-electron chi connectivity index (χ0n) is 26.4. The van der Waals surface area contributed by atoms with E-state index in [2.05, 4.69) is 125 Å². The van der Waals surface area contributed by atoms with Crippen LogP contribution in [0, 0.1) is 32.5 Å². The number of rotatable bonds is 0. The second-order valence-corrected chi connectivity index (χ2v) is 17.3. The van der Waals surface area contributed by atoms with Crippen LogP contribution in [0.2, 0.25) is 0 Å². The van der Waals surface area contributed by atoms with E-state index < -0.39 is 0 Å². The van der Waals surface area contributed by atoms with Crippen LogP contribution in [0.4, 0.5) is 0 Å². The lowest BCUT2D eigenvalue weighted by molar-refractivity contribution is -0.0892. The van der Waals surface area contributed by atoms with Gasteiger partial charge in [0.25, 0.3) is 0 Å². The molecule has 0 atom stereocenters. The van der Waals surface area contributed by atoms with E-state index in [9.17, 15) is 0 Å². The van der Waals surface area contributed by atoms with Crippen LogP contribution in [-0.2, 0) is 4.74 Å². The fourth-order valence-electron chi connectivity index (χ4n) is 1.64. The van der Waals surface area contributed by atoms with Gasteiger partial charge in [0.15, 0.2) is 0 Å². The van der Waals surface area contributed by atoms with Gasteiger partial charge >= 0.3 is 0 Å². The molecular weight excluding hydrogens is 388 g/mol. The van der Waals surface area contributed by atoms with Crippen LogP contribution < -0.4 is 0 Å². The summed E-state index contributed by atoms with van der Waals surface area (Å²) in [5.41, 5.74) is 3.47. The summed E-state index contributed by atoms with van der Waals surface area (Å²) in [6.07, 6.45) is 7.27. The Morgan fingerprint density at radius 2 is 0.531 bits per heavy atom. The molecule has 0 bridgehead atoms. The molecule has 1 heteroatoms. The van der Waals surface area contributed by atoms with Crippen LogP contribution in [-0.4, -0.2) is 13.2 Å².